The van der Waals surface area contributed by atoms with Gasteiger partial charge in [-0.3, -0.25) is 10.1 Å². The van der Waals surface area contributed by atoms with Gasteiger partial charge in [-0.15, -0.1) is 11.3 Å². The van der Waals surface area contributed by atoms with Crippen molar-refractivity contribution in [2.45, 2.75) is 44.4 Å². The van der Waals surface area contributed by atoms with Gasteiger partial charge in [0.05, 0.1) is 15.6 Å². The van der Waals surface area contributed by atoms with Crippen LogP contribution in [-0.4, -0.2) is 36.7 Å². The molecule has 0 aliphatic heterocycles. The number of rotatable bonds is 11. The predicted molar refractivity (Wildman–Crippen MR) is 141 cm³/mol. The van der Waals surface area contributed by atoms with Crippen LogP contribution in [0.25, 0.3) is 11.3 Å². The molecule has 34 heavy (non-hydrogen) atoms. The maximum atomic E-state index is 13.1. The summed E-state index contributed by atoms with van der Waals surface area (Å²) in [5, 5.41) is 5.96. The number of nitrogens with one attached hydrogen (secondary N) is 1. The summed E-state index contributed by atoms with van der Waals surface area (Å²) in [5.74, 6) is -0.374. The number of aromatic nitrogens is 1. The van der Waals surface area contributed by atoms with Crippen LogP contribution < -0.4 is 5.32 Å². The van der Waals surface area contributed by atoms with Gasteiger partial charge in [0.1, 0.15) is 0 Å². The molecule has 3 rings (SSSR count). The Balaban J connectivity index is 1.72. The van der Waals surface area contributed by atoms with Gasteiger partial charge in [-0.05, 0) is 55.3 Å². The summed E-state index contributed by atoms with van der Waals surface area (Å²) in [6, 6.07) is 11.1. The maximum Gasteiger partial charge on any atom is 0.257 e. The van der Waals surface area contributed by atoms with Crippen molar-refractivity contribution in [2.24, 2.45) is 0 Å². The van der Waals surface area contributed by atoms with E-state index in [1.54, 1.807) is 23.6 Å². The third-order valence-corrected chi connectivity index (χ3v) is 8.43. The molecule has 0 unspecified atom stereocenters. The van der Waals surface area contributed by atoms with Crippen molar-refractivity contribution >= 4 is 55.6 Å². The Morgan fingerprint density at radius 2 is 1.68 bits per heavy atom. The van der Waals surface area contributed by atoms with Crippen LogP contribution in [0.3, 0.4) is 0 Å². The number of unbranched alkanes of at least 4 members (excludes halogenated alkanes) is 2. The van der Waals surface area contributed by atoms with Crippen molar-refractivity contribution in [3.8, 4) is 11.3 Å². The van der Waals surface area contributed by atoms with Crippen LogP contribution in [0, 0.1) is 0 Å². The zero-order chi connectivity index (χ0) is 24.7. The first-order valence-corrected chi connectivity index (χ1v) is 14.2. The van der Waals surface area contributed by atoms with Gasteiger partial charge in [0.15, 0.2) is 5.13 Å². The van der Waals surface area contributed by atoms with Gasteiger partial charge in [-0.1, -0.05) is 49.9 Å². The van der Waals surface area contributed by atoms with Crippen LogP contribution in [0.4, 0.5) is 5.13 Å². The lowest BCUT2D eigenvalue weighted by atomic mass is 10.2. The smallest absolute Gasteiger partial charge is 0.257 e. The molecule has 1 amide bonds. The van der Waals surface area contributed by atoms with Crippen LogP contribution in [0.1, 0.15) is 49.9 Å². The van der Waals surface area contributed by atoms with Gasteiger partial charge in [0.25, 0.3) is 5.91 Å². The van der Waals surface area contributed by atoms with Gasteiger partial charge in [-0.25, -0.2) is 13.4 Å². The van der Waals surface area contributed by atoms with Crippen molar-refractivity contribution in [1.29, 1.82) is 0 Å². The fourth-order valence-electron chi connectivity index (χ4n) is 3.27. The number of benzene rings is 2. The Hall–Kier alpha value is -1.97. The lowest BCUT2D eigenvalue weighted by Crippen LogP contribution is -2.33. The SMILES string of the molecule is CCCCN(CCCC)S(=O)(=O)c1ccc(C(=O)Nc2nc(-c3ccc(Cl)cc3Cl)cs2)cc1. The molecule has 0 spiro atoms. The quantitative estimate of drug-likeness (QED) is 0.285. The monoisotopic (exact) mass is 539 g/mol. The number of thiazole rings is 1. The van der Waals surface area contributed by atoms with E-state index in [9.17, 15) is 13.2 Å². The minimum Gasteiger partial charge on any atom is -0.298 e. The largest absolute Gasteiger partial charge is 0.298 e. The normalized spacial score (nSPS) is 11.7. The van der Waals surface area contributed by atoms with Crippen LogP contribution in [0.5, 0.6) is 0 Å². The highest BCUT2D eigenvalue weighted by Gasteiger charge is 2.24. The fourth-order valence-corrected chi connectivity index (χ4v) is 6.00. The second kappa shape index (κ2) is 12.1. The third kappa shape index (κ3) is 6.58. The Morgan fingerprint density at radius 3 is 2.26 bits per heavy atom. The maximum absolute atomic E-state index is 13.1. The summed E-state index contributed by atoms with van der Waals surface area (Å²) in [4.78, 5) is 17.3. The molecule has 0 radical (unpaired) electrons. The molecule has 0 bridgehead atoms. The minimum absolute atomic E-state index is 0.185. The molecule has 0 aliphatic carbocycles. The molecule has 0 fully saturated rings. The summed E-state index contributed by atoms with van der Waals surface area (Å²) in [6.07, 6.45) is 3.45. The molecule has 0 atom stereocenters. The van der Waals surface area contributed by atoms with Crippen LogP contribution in [0.2, 0.25) is 10.0 Å². The van der Waals surface area contributed by atoms with E-state index in [1.165, 1.54) is 39.9 Å². The number of carbonyl (C=O) groups excluding carboxylic acids is 1. The Labute approximate surface area is 215 Å². The topological polar surface area (TPSA) is 79.4 Å². The minimum atomic E-state index is -3.61. The fraction of sp³-hybridized carbons (Fsp3) is 0.333. The van der Waals surface area contributed by atoms with E-state index < -0.39 is 10.0 Å². The second-order valence-electron chi connectivity index (χ2n) is 7.75. The average molecular weight is 541 g/mol. The highest BCUT2D eigenvalue weighted by Crippen LogP contribution is 2.32. The van der Waals surface area contributed by atoms with Gasteiger partial charge < -0.3 is 0 Å². The van der Waals surface area contributed by atoms with E-state index in [0.717, 1.165) is 25.7 Å². The molecular weight excluding hydrogens is 513 g/mol. The zero-order valence-corrected chi connectivity index (χ0v) is 22.2. The Bertz CT molecular complexity index is 1220. The van der Waals surface area contributed by atoms with Crippen molar-refractivity contribution in [3.63, 3.8) is 0 Å². The molecule has 1 heterocycles. The number of halogens is 2. The molecule has 0 saturated heterocycles. The van der Waals surface area contributed by atoms with E-state index in [0.29, 0.717) is 45.1 Å². The molecule has 0 aliphatic rings. The van der Waals surface area contributed by atoms with Crippen LogP contribution in [-0.2, 0) is 10.0 Å². The van der Waals surface area contributed by atoms with Crippen molar-refractivity contribution in [3.05, 3.63) is 63.5 Å². The van der Waals surface area contributed by atoms with E-state index in [4.69, 9.17) is 23.2 Å². The van der Waals surface area contributed by atoms with Gasteiger partial charge in [0.2, 0.25) is 10.0 Å². The number of sulfonamides is 1. The molecule has 3 aromatic rings. The van der Waals surface area contributed by atoms with E-state index >= 15 is 0 Å². The highest BCUT2D eigenvalue weighted by molar-refractivity contribution is 7.89. The van der Waals surface area contributed by atoms with E-state index in [2.05, 4.69) is 10.3 Å². The number of anilines is 1. The van der Waals surface area contributed by atoms with Crippen molar-refractivity contribution in [1.82, 2.24) is 9.29 Å². The van der Waals surface area contributed by atoms with E-state index in [-0.39, 0.29) is 10.8 Å². The molecule has 0 saturated carbocycles. The van der Waals surface area contributed by atoms with Crippen LogP contribution >= 0.6 is 34.5 Å². The Morgan fingerprint density at radius 1 is 1.03 bits per heavy atom. The third-order valence-electron chi connectivity index (χ3n) is 5.21. The average Bonchev–Trinajstić information content (AvgIpc) is 3.27. The first-order valence-electron chi connectivity index (χ1n) is 11.1. The summed E-state index contributed by atoms with van der Waals surface area (Å²) < 4.78 is 27.7. The number of amides is 1. The first kappa shape index (κ1) is 26.6. The predicted octanol–water partition coefficient (Wildman–Crippen LogP) is 6.96. The van der Waals surface area contributed by atoms with Gasteiger partial charge in [-0.2, -0.15) is 4.31 Å². The standard InChI is InChI=1S/C24H27Cl2N3O3S2/c1-3-5-13-29(14-6-4-2)34(31,32)19-10-7-17(8-11-19)23(30)28-24-27-22(16-33-24)20-12-9-18(25)15-21(20)26/h7-12,15-16H,3-6,13-14H2,1-2H3,(H,27,28,30). The Kier molecular flexibility index (Phi) is 9.50. The van der Waals surface area contributed by atoms with E-state index in [1.807, 2.05) is 13.8 Å². The summed E-state index contributed by atoms with van der Waals surface area (Å²) in [5.41, 5.74) is 1.68. The molecule has 182 valence electrons. The molecule has 10 heteroatoms. The molecule has 6 nitrogen and oxygen atoms in total. The highest BCUT2D eigenvalue weighted by atomic mass is 35.5. The molecular formula is C24H27Cl2N3O3S2. The molecule has 1 N–H and O–H groups in total. The zero-order valence-electron chi connectivity index (χ0n) is 19.1. The number of carbonyl (C=O) groups is 1. The lowest BCUT2D eigenvalue weighted by molar-refractivity contribution is 0.102. The van der Waals surface area contributed by atoms with Crippen molar-refractivity contribution < 1.29 is 13.2 Å². The number of hydrogen-bond acceptors (Lipinski definition) is 5. The number of hydrogen-bond donors (Lipinski definition) is 1. The van der Waals surface area contributed by atoms with Gasteiger partial charge in [0, 0.05) is 34.6 Å². The van der Waals surface area contributed by atoms with Crippen LogP contribution in [0.15, 0.2) is 52.7 Å². The summed E-state index contributed by atoms with van der Waals surface area (Å²) in [6.45, 7) is 5.05. The van der Waals surface area contributed by atoms with Gasteiger partial charge >= 0.3 is 0 Å². The molecule has 1 aromatic heterocycles. The summed E-state index contributed by atoms with van der Waals surface area (Å²) in [7, 11) is -3.61. The lowest BCUT2D eigenvalue weighted by Gasteiger charge is -2.22. The molecule has 2 aromatic carbocycles. The van der Waals surface area contributed by atoms with Crippen molar-refractivity contribution in [2.75, 3.05) is 18.4 Å². The second-order valence-corrected chi connectivity index (χ2v) is 11.4. The first-order chi connectivity index (χ1) is 16.3. The number of nitrogens with zero attached hydrogens (tertiary/aromatic N) is 2. The summed E-state index contributed by atoms with van der Waals surface area (Å²) >= 11 is 13.5.